The van der Waals surface area contributed by atoms with Crippen molar-refractivity contribution in [3.63, 3.8) is 0 Å². The first-order chi connectivity index (χ1) is 7.15. The van der Waals surface area contributed by atoms with E-state index in [0.29, 0.717) is 0 Å². The van der Waals surface area contributed by atoms with E-state index in [2.05, 4.69) is 16.4 Å². The van der Waals surface area contributed by atoms with Gasteiger partial charge in [0, 0.05) is 21.7 Å². The molecule has 0 atom stereocenters. The Bertz CT molecular complexity index is 477. The highest BCUT2D eigenvalue weighted by Crippen LogP contribution is 2.31. The van der Waals surface area contributed by atoms with Crippen molar-refractivity contribution in [3.8, 4) is 0 Å². The highest BCUT2D eigenvalue weighted by molar-refractivity contribution is 8.01. The molecule has 0 aliphatic heterocycles. The molecule has 0 aliphatic carbocycles. The third-order valence-electron chi connectivity index (χ3n) is 2.04. The normalized spacial score (nSPS) is 10.5. The van der Waals surface area contributed by atoms with Gasteiger partial charge in [-0.15, -0.1) is 11.3 Å². The standard InChI is InChI=1S/C11H12N2S2/c1-7-5-9(3-4-10(7)12)15-11-13-8(2)6-14-11/h3-6H,12H2,1-2H3. The Balaban J connectivity index is 2.21. The number of aryl methyl sites for hydroxylation is 2. The zero-order chi connectivity index (χ0) is 10.8. The molecule has 1 aromatic carbocycles. The Morgan fingerprint density at radius 1 is 1.33 bits per heavy atom. The first-order valence-corrected chi connectivity index (χ1v) is 6.31. The highest BCUT2D eigenvalue weighted by Gasteiger charge is 2.02. The van der Waals surface area contributed by atoms with E-state index in [9.17, 15) is 0 Å². The van der Waals surface area contributed by atoms with Crippen LogP contribution < -0.4 is 5.73 Å². The number of hydrogen-bond acceptors (Lipinski definition) is 4. The largest absolute Gasteiger partial charge is 0.399 e. The molecule has 0 bridgehead atoms. The van der Waals surface area contributed by atoms with Crippen LogP contribution in [0, 0.1) is 13.8 Å². The summed E-state index contributed by atoms with van der Waals surface area (Å²) in [5.74, 6) is 0. The second-order valence-corrected chi connectivity index (χ2v) is 5.55. The molecule has 15 heavy (non-hydrogen) atoms. The van der Waals surface area contributed by atoms with Crippen LogP contribution in [0.4, 0.5) is 5.69 Å². The van der Waals surface area contributed by atoms with Crippen LogP contribution in [0.3, 0.4) is 0 Å². The van der Waals surface area contributed by atoms with Crippen LogP contribution in [0.1, 0.15) is 11.3 Å². The average Bonchev–Trinajstić information content (AvgIpc) is 2.58. The molecule has 0 radical (unpaired) electrons. The Labute approximate surface area is 97.5 Å². The lowest BCUT2D eigenvalue weighted by Gasteiger charge is -2.02. The number of benzene rings is 1. The minimum atomic E-state index is 0.842. The van der Waals surface area contributed by atoms with E-state index in [-0.39, 0.29) is 0 Å². The number of rotatable bonds is 2. The zero-order valence-corrected chi connectivity index (χ0v) is 10.3. The van der Waals surface area contributed by atoms with Gasteiger partial charge in [0.15, 0.2) is 4.34 Å². The monoisotopic (exact) mass is 236 g/mol. The molecule has 0 unspecified atom stereocenters. The summed E-state index contributed by atoms with van der Waals surface area (Å²) in [5.41, 5.74) is 8.80. The highest BCUT2D eigenvalue weighted by atomic mass is 32.2. The summed E-state index contributed by atoms with van der Waals surface area (Å²) in [6.45, 7) is 4.03. The fourth-order valence-corrected chi connectivity index (χ4v) is 3.10. The summed E-state index contributed by atoms with van der Waals surface area (Å²) in [6, 6.07) is 6.07. The summed E-state index contributed by atoms with van der Waals surface area (Å²) < 4.78 is 1.08. The van der Waals surface area contributed by atoms with Crippen LogP contribution in [0.15, 0.2) is 32.8 Å². The summed E-state index contributed by atoms with van der Waals surface area (Å²) in [5, 5.41) is 2.06. The molecule has 1 aromatic heterocycles. The number of nitrogen functional groups attached to an aromatic ring is 1. The number of hydrogen-bond donors (Lipinski definition) is 1. The van der Waals surface area contributed by atoms with Gasteiger partial charge in [-0.3, -0.25) is 0 Å². The molecule has 4 heteroatoms. The molecule has 1 heterocycles. The van der Waals surface area contributed by atoms with E-state index in [1.165, 1.54) is 4.90 Å². The maximum atomic E-state index is 5.76. The van der Waals surface area contributed by atoms with Gasteiger partial charge in [-0.05, 0) is 37.6 Å². The fraction of sp³-hybridized carbons (Fsp3) is 0.182. The molecule has 0 spiro atoms. The van der Waals surface area contributed by atoms with Gasteiger partial charge in [-0.25, -0.2) is 4.98 Å². The van der Waals surface area contributed by atoms with Crippen LogP contribution >= 0.6 is 23.1 Å². The van der Waals surface area contributed by atoms with Gasteiger partial charge in [-0.1, -0.05) is 11.8 Å². The maximum absolute atomic E-state index is 5.76. The number of aromatic nitrogens is 1. The van der Waals surface area contributed by atoms with Crippen molar-refractivity contribution in [1.29, 1.82) is 0 Å². The summed E-state index contributed by atoms with van der Waals surface area (Å²) >= 11 is 3.36. The van der Waals surface area contributed by atoms with E-state index in [0.717, 1.165) is 21.3 Å². The third kappa shape index (κ3) is 2.52. The minimum absolute atomic E-state index is 0.842. The minimum Gasteiger partial charge on any atom is -0.399 e. The lowest BCUT2D eigenvalue weighted by molar-refractivity contribution is 1.16. The molecule has 2 aromatic rings. The van der Waals surface area contributed by atoms with Crippen LogP contribution in [-0.2, 0) is 0 Å². The van der Waals surface area contributed by atoms with Crippen LogP contribution in [0.25, 0.3) is 0 Å². The van der Waals surface area contributed by atoms with Gasteiger partial charge in [0.25, 0.3) is 0 Å². The van der Waals surface area contributed by atoms with Gasteiger partial charge >= 0.3 is 0 Å². The van der Waals surface area contributed by atoms with Gasteiger partial charge in [0.05, 0.1) is 0 Å². The molecule has 0 saturated carbocycles. The quantitative estimate of drug-likeness (QED) is 0.811. The summed E-state index contributed by atoms with van der Waals surface area (Å²) in [7, 11) is 0. The van der Waals surface area contributed by atoms with Gasteiger partial charge in [0.2, 0.25) is 0 Å². The van der Waals surface area contributed by atoms with Crippen molar-refractivity contribution in [3.05, 3.63) is 34.8 Å². The molecule has 78 valence electrons. The first kappa shape index (κ1) is 10.5. The van der Waals surface area contributed by atoms with Crippen molar-refractivity contribution in [2.75, 3.05) is 5.73 Å². The van der Waals surface area contributed by atoms with Crippen molar-refractivity contribution in [1.82, 2.24) is 4.98 Å². The Kier molecular flexibility index (Phi) is 2.98. The molecule has 0 fully saturated rings. The summed E-state index contributed by atoms with van der Waals surface area (Å²) in [6.07, 6.45) is 0. The SMILES string of the molecule is Cc1csc(Sc2ccc(N)c(C)c2)n1. The number of nitrogens with two attached hydrogens (primary N) is 1. The van der Waals surface area contributed by atoms with Crippen molar-refractivity contribution in [2.45, 2.75) is 23.1 Å². The average molecular weight is 236 g/mol. The smallest absolute Gasteiger partial charge is 0.154 e. The van der Waals surface area contributed by atoms with E-state index in [1.54, 1.807) is 23.1 Å². The second-order valence-electron chi connectivity index (χ2n) is 3.38. The number of anilines is 1. The van der Waals surface area contributed by atoms with Crippen molar-refractivity contribution >= 4 is 28.8 Å². The molecule has 0 amide bonds. The Hall–Kier alpha value is -1.00. The van der Waals surface area contributed by atoms with E-state index in [4.69, 9.17) is 5.73 Å². The lowest BCUT2D eigenvalue weighted by Crippen LogP contribution is -1.88. The van der Waals surface area contributed by atoms with Gasteiger partial charge < -0.3 is 5.73 Å². The van der Waals surface area contributed by atoms with Crippen LogP contribution in [0.2, 0.25) is 0 Å². The molecule has 2 rings (SSSR count). The Morgan fingerprint density at radius 2 is 2.13 bits per heavy atom. The molecular formula is C11H12N2S2. The third-order valence-corrected chi connectivity index (χ3v) is 4.09. The number of thiazole rings is 1. The summed E-state index contributed by atoms with van der Waals surface area (Å²) in [4.78, 5) is 5.60. The van der Waals surface area contributed by atoms with E-state index in [1.807, 2.05) is 26.0 Å². The van der Waals surface area contributed by atoms with Crippen molar-refractivity contribution < 1.29 is 0 Å². The van der Waals surface area contributed by atoms with E-state index >= 15 is 0 Å². The first-order valence-electron chi connectivity index (χ1n) is 4.61. The lowest BCUT2D eigenvalue weighted by atomic mass is 10.2. The van der Waals surface area contributed by atoms with E-state index < -0.39 is 0 Å². The molecule has 0 saturated heterocycles. The second kappa shape index (κ2) is 4.24. The van der Waals surface area contributed by atoms with Gasteiger partial charge in [0.1, 0.15) is 0 Å². The predicted molar refractivity (Wildman–Crippen MR) is 66.6 cm³/mol. The van der Waals surface area contributed by atoms with Crippen LogP contribution in [0.5, 0.6) is 0 Å². The predicted octanol–water partition coefficient (Wildman–Crippen LogP) is 3.49. The zero-order valence-electron chi connectivity index (χ0n) is 8.65. The molecule has 0 aliphatic rings. The topological polar surface area (TPSA) is 38.9 Å². The Morgan fingerprint density at radius 3 is 2.73 bits per heavy atom. The molecular weight excluding hydrogens is 224 g/mol. The van der Waals surface area contributed by atoms with Crippen molar-refractivity contribution in [2.24, 2.45) is 0 Å². The number of nitrogens with zero attached hydrogens (tertiary/aromatic N) is 1. The molecule has 2 nitrogen and oxygen atoms in total. The fourth-order valence-electron chi connectivity index (χ4n) is 1.19. The molecule has 2 N–H and O–H groups in total. The van der Waals surface area contributed by atoms with Gasteiger partial charge in [-0.2, -0.15) is 0 Å². The maximum Gasteiger partial charge on any atom is 0.154 e. The van der Waals surface area contributed by atoms with Crippen LogP contribution in [-0.4, -0.2) is 4.98 Å².